The lowest BCUT2D eigenvalue weighted by atomic mass is 9.68. The molecule has 1 aliphatic heterocycles. The van der Waals surface area contributed by atoms with Crippen LogP contribution in [0.3, 0.4) is 0 Å². The molecule has 5 atom stereocenters. The summed E-state index contributed by atoms with van der Waals surface area (Å²) in [4.78, 5) is 47.8. The quantitative estimate of drug-likeness (QED) is 0.357. The molecule has 0 radical (unpaired) electrons. The summed E-state index contributed by atoms with van der Waals surface area (Å²) >= 11 is 8.00. The molecule has 2 heterocycles. The van der Waals surface area contributed by atoms with Gasteiger partial charge in [-0.3, -0.25) is 19.2 Å². The monoisotopic (exact) mass is 538 g/mol. The van der Waals surface area contributed by atoms with E-state index >= 15 is 0 Å². The minimum atomic E-state index is -1.19. The molecule has 1 aromatic carbocycles. The van der Waals surface area contributed by atoms with Gasteiger partial charge in [0.05, 0.1) is 25.0 Å². The third-order valence-corrected chi connectivity index (χ3v) is 7.56. The lowest BCUT2D eigenvalue weighted by Gasteiger charge is -2.46. The van der Waals surface area contributed by atoms with Crippen molar-refractivity contribution in [2.24, 2.45) is 17.8 Å². The summed E-state index contributed by atoms with van der Waals surface area (Å²) in [5.41, 5.74) is 1.38. The van der Waals surface area contributed by atoms with Crippen LogP contribution < -0.4 is 0 Å². The molecule has 0 spiro atoms. The molecule has 0 saturated carbocycles. The second-order valence-corrected chi connectivity index (χ2v) is 10.2. The SMILES string of the molecule is CC(=O)OC[C@@H]1O[C@H](c2ccc(Cl)c(Cc3cccs3)c2)[C@@H](CC(=O)O)[C@@H](CC(=O)O)[C@H]1CC(=O)O. The van der Waals surface area contributed by atoms with Crippen LogP contribution in [0, 0.1) is 17.8 Å². The number of hydrogen-bond donors (Lipinski definition) is 3. The molecule has 0 bridgehead atoms. The molecule has 36 heavy (non-hydrogen) atoms. The van der Waals surface area contributed by atoms with Crippen LogP contribution in [-0.4, -0.2) is 51.9 Å². The van der Waals surface area contributed by atoms with Crippen molar-refractivity contribution in [1.82, 2.24) is 0 Å². The topological polar surface area (TPSA) is 147 Å². The van der Waals surface area contributed by atoms with Crippen molar-refractivity contribution < 1.29 is 44.0 Å². The van der Waals surface area contributed by atoms with Gasteiger partial charge < -0.3 is 24.8 Å². The Morgan fingerprint density at radius 3 is 2.19 bits per heavy atom. The summed E-state index contributed by atoms with van der Waals surface area (Å²) < 4.78 is 11.4. The highest BCUT2D eigenvalue weighted by atomic mass is 35.5. The fraction of sp³-hybridized carbons (Fsp3) is 0.440. The van der Waals surface area contributed by atoms with E-state index in [0.29, 0.717) is 17.0 Å². The number of carboxylic acid groups (broad SMARTS) is 3. The summed E-state index contributed by atoms with van der Waals surface area (Å²) in [5, 5.41) is 31.2. The highest BCUT2D eigenvalue weighted by Gasteiger charge is 2.48. The highest BCUT2D eigenvalue weighted by molar-refractivity contribution is 7.09. The number of rotatable bonds is 11. The summed E-state index contributed by atoms with van der Waals surface area (Å²) in [6.45, 7) is 0.917. The number of carbonyl (C=O) groups excluding carboxylic acids is 1. The van der Waals surface area contributed by atoms with E-state index in [4.69, 9.17) is 21.1 Å². The highest BCUT2D eigenvalue weighted by Crippen LogP contribution is 2.48. The van der Waals surface area contributed by atoms with E-state index in [1.54, 1.807) is 29.5 Å². The van der Waals surface area contributed by atoms with Gasteiger partial charge in [-0.2, -0.15) is 0 Å². The predicted octanol–water partition coefficient (Wildman–Crippen LogP) is 4.27. The zero-order chi connectivity index (χ0) is 26.4. The summed E-state index contributed by atoms with van der Waals surface area (Å²) in [6, 6.07) is 9.06. The lowest BCUT2D eigenvalue weighted by molar-refractivity contribution is -0.189. The summed E-state index contributed by atoms with van der Waals surface area (Å²) in [5.74, 6) is -6.72. The van der Waals surface area contributed by atoms with E-state index in [9.17, 15) is 34.5 Å². The molecular formula is C25H27ClO9S. The molecule has 11 heteroatoms. The maximum atomic E-state index is 11.8. The number of carboxylic acids is 3. The van der Waals surface area contributed by atoms with Crippen molar-refractivity contribution in [2.75, 3.05) is 6.61 Å². The summed E-state index contributed by atoms with van der Waals surface area (Å²) in [7, 11) is 0. The molecule has 3 N–H and O–H groups in total. The van der Waals surface area contributed by atoms with Gasteiger partial charge in [-0.1, -0.05) is 29.8 Å². The maximum Gasteiger partial charge on any atom is 0.303 e. The lowest BCUT2D eigenvalue weighted by Crippen LogP contribution is -2.48. The zero-order valence-corrected chi connectivity index (χ0v) is 21.0. The van der Waals surface area contributed by atoms with Gasteiger partial charge in [-0.05, 0) is 34.6 Å². The van der Waals surface area contributed by atoms with E-state index in [1.165, 1.54) is 6.92 Å². The Kier molecular flexibility index (Phi) is 9.47. The molecular weight excluding hydrogens is 512 g/mol. The first kappa shape index (κ1) is 27.6. The van der Waals surface area contributed by atoms with Crippen LogP contribution in [-0.2, 0) is 35.1 Å². The van der Waals surface area contributed by atoms with E-state index < -0.39 is 73.1 Å². The molecule has 9 nitrogen and oxygen atoms in total. The number of esters is 1. The smallest absolute Gasteiger partial charge is 0.303 e. The molecule has 194 valence electrons. The molecule has 0 unspecified atom stereocenters. The minimum absolute atomic E-state index is 0.282. The van der Waals surface area contributed by atoms with Crippen LogP contribution in [0.4, 0.5) is 0 Å². The van der Waals surface area contributed by atoms with Crippen LogP contribution in [0.15, 0.2) is 35.7 Å². The Morgan fingerprint density at radius 1 is 0.972 bits per heavy atom. The van der Waals surface area contributed by atoms with Crippen molar-refractivity contribution in [2.45, 2.75) is 44.8 Å². The van der Waals surface area contributed by atoms with Crippen molar-refractivity contribution in [3.05, 3.63) is 56.7 Å². The Bertz CT molecular complexity index is 1100. The normalized spacial score (nSPS) is 23.7. The van der Waals surface area contributed by atoms with E-state index in [2.05, 4.69) is 0 Å². The number of aliphatic carboxylic acids is 3. The summed E-state index contributed by atoms with van der Waals surface area (Å²) in [6.07, 6.45) is -2.63. The van der Waals surface area contributed by atoms with Crippen molar-refractivity contribution in [3.8, 4) is 0 Å². The number of halogens is 1. The Hall–Kier alpha value is -2.95. The molecule has 0 aliphatic carbocycles. The number of ether oxygens (including phenoxy) is 2. The Balaban J connectivity index is 2.06. The van der Waals surface area contributed by atoms with Crippen LogP contribution in [0.5, 0.6) is 0 Å². The van der Waals surface area contributed by atoms with Crippen LogP contribution in [0.2, 0.25) is 5.02 Å². The third kappa shape index (κ3) is 7.28. The van der Waals surface area contributed by atoms with Gasteiger partial charge in [0.1, 0.15) is 6.61 Å². The van der Waals surface area contributed by atoms with Gasteiger partial charge >= 0.3 is 23.9 Å². The first-order valence-corrected chi connectivity index (χ1v) is 12.6. The second-order valence-electron chi connectivity index (χ2n) is 8.79. The van der Waals surface area contributed by atoms with Gasteiger partial charge in [0.2, 0.25) is 0 Å². The number of hydrogen-bond acceptors (Lipinski definition) is 7. The van der Waals surface area contributed by atoms with Crippen molar-refractivity contribution in [1.29, 1.82) is 0 Å². The van der Waals surface area contributed by atoms with Gasteiger partial charge in [0.15, 0.2) is 0 Å². The van der Waals surface area contributed by atoms with E-state index in [1.807, 2.05) is 17.5 Å². The fourth-order valence-electron chi connectivity index (χ4n) is 4.85. The van der Waals surface area contributed by atoms with Crippen LogP contribution >= 0.6 is 22.9 Å². The zero-order valence-electron chi connectivity index (χ0n) is 19.5. The largest absolute Gasteiger partial charge is 0.481 e. The molecule has 3 rings (SSSR count). The average molecular weight is 539 g/mol. The first-order valence-electron chi connectivity index (χ1n) is 11.3. The molecule has 2 aromatic rings. The second kappa shape index (κ2) is 12.3. The number of benzene rings is 1. The molecule has 1 aliphatic rings. The van der Waals surface area contributed by atoms with Crippen molar-refractivity contribution >= 4 is 46.8 Å². The molecule has 0 amide bonds. The first-order chi connectivity index (χ1) is 17.0. The third-order valence-electron chi connectivity index (χ3n) is 6.31. The van der Waals surface area contributed by atoms with Gasteiger partial charge in [0, 0.05) is 41.5 Å². The van der Waals surface area contributed by atoms with Crippen LogP contribution in [0.1, 0.15) is 48.3 Å². The fourth-order valence-corrected chi connectivity index (χ4v) is 5.77. The molecule has 1 fully saturated rings. The molecule has 1 saturated heterocycles. The van der Waals surface area contributed by atoms with E-state index in [-0.39, 0.29) is 6.61 Å². The average Bonchev–Trinajstić information content (AvgIpc) is 3.29. The number of carbonyl (C=O) groups is 4. The van der Waals surface area contributed by atoms with Crippen LogP contribution in [0.25, 0.3) is 0 Å². The van der Waals surface area contributed by atoms with Gasteiger partial charge in [0.25, 0.3) is 0 Å². The van der Waals surface area contributed by atoms with Gasteiger partial charge in [-0.25, -0.2) is 0 Å². The standard InChI is InChI=1S/C25H27ClO9S/c1-13(27)34-12-21-18(10-23(30)31)17(9-22(28)29)19(11-24(32)33)25(35-21)14-4-5-20(26)15(7-14)8-16-3-2-6-36-16/h2-7,17-19,21,25H,8-12H2,1H3,(H,28,29)(H,30,31)(H,32,33)/t17-,18+,19-,21-,25+/m0/s1. The molecule has 1 aromatic heterocycles. The van der Waals surface area contributed by atoms with Crippen molar-refractivity contribution in [3.63, 3.8) is 0 Å². The Morgan fingerprint density at radius 2 is 1.61 bits per heavy atom. The Labute approximate surface area is 216 Å². The minimum Gasteiger partial charge on any atom is -0.481 e. The number of thiophene rings is 1. The van der Waals surface area contributed by atoms with Gasteiger partial charge in [-0.15, -0.1) is 11.3 Å². The predicted molar refractivity (Wildman–Crippen MR) is 130 cm³/mol. The van der Waals surface area contributed by atoms with E-state index in [0.717, 1.165) is 10.4 Å². The maximum absolute atomic E-state index is 11.8.